The first kappa shape index (κ1) is 18.1. The molecule has 4 rings (SSSR count). The van der Waals surface area contributed by atoms with Crippen LogP contribution in [0.15, 0.2) is 42.6 Å². The van der Waals surface area contributed by atoms with E-state index in [0.29, 0.717) is 16.4 Å². The number of nitrogens with one attached hydrogen (secondary N) is 1. The highest BCUT2D eigenvalue weighted by Gasteiger charge is 2.15. The highest BCUT2D eigenvalue weighted by Crippen LogP contribution is 2.31. The predicted octanol–water partition coefficient (Wildman–Crippen LogP) is 4.32. The van der Waals surface area contributed by atoms with Crippen LogP contribution in [0.5, 0.6) is 5.75 Å². The summed E-state index contributed by atoms with van der Waals surface area (Å²) in [6.07, 6.45) is 1.76. The van der Waals surface area contributed by atoms with Gasteiger partial charge in [0.05, 0.1) is 29.3 Å². The summed E-state index contributed by atoms with van der Waals surface area (Å²) in [6, 6.07) is 11.1. The van der Waals surface area contributed by atoms with Crippen molar-refractivity contribution in [3.8, 4) is 27.8 Å². The average Bonchev–Trinajstić information content (AvgIpc) is 3.34. The molecule has 1 aromatic carbocycles. The van der Waals surface area contributed by atoms with Gasteiger partial charge in [0.15, 0.2) is 5.82 Å². The normalized spacial score (nSPS) is 11.1. The second-order valence-electron chi connectivity index (χ2n) is 6.37. The fraction of sp³-hybridized carbons (Fsp3) is 0.200. The Bertz CT molecular complexity index is 1150. The number of thiophene rings is 1. The van der Waals surface area contributed by atoms with Gasteiger partial charge in [-0.2, -0.15) is 5.10 Å². The zero-order valence-corrected chi connectivity index (χ0v) is 16.4. The standard InChI is InChI=1S/C20H18N4O3S/c1-11(2)27-12-4-5-14-13(10-12)18(24-23-14)19-21-9-8-15(22-19)16-6-7-17(28-16)20(25)26-3/h4-11H,1-3H3,(H,23,24). The Labute approximate surface area is 165 Å². The van der Waals surface area contributed by atoms with Crippen LogP contribution in [0.1, 0.15) is 23.5 Å². The number of carbonyl (C=O) groups is 1. The maximum absolute atomic E-state index is 11.7. The number of aromatic nitrogens is 4. The lowest BCUT2D eigenvalue weighted by Crippen LogP contribution is -2.05. The minimum Gasteiger partial charge on any atom is -0.491 e. The highest BCUT2D eigenvalue weighted by atomic mass is 32.1. The van der Waals surface area contributed by atoms with Gasteiger partial charge in [-0.05, 0) is 50.2 Å². The predicted molar refractivity (Wildman–Crippen MR) is 108 cm³/mol. The van der Waals surface area contributed by atoms with Gasteiger partial charge in [0.25, 0.3) is 0 Å². The monoisotopic (exact) mass is 394 g/mol. The largest absolute Gasteiger partial charge is 0.491 e. The van der Waals surface area contributed by atoms with Crippen molar-refractivity contribution in [2.75, 3.05) is 7.11 Å². The molecule has 0 fully saturated rings. The van der Waals surface area contributed by atoms with Crippen molar-refractivity contribution in [3.63, 3.8) is 0 Å². The maximum Gasteiger partial charge on any atom is 0.348 e. The smallest absolute Gasteiger partial charge is 0.348 e. The molecule has 0 aliphatic heterocycles. The lowest BCUT2D eigenvalue weighted by atomic mass is 10.2. The molecule has 0 saturated carbocycles. The summed E-state index contributed by atoms with van der Waals surface area (Å²) in [7, 11) is 1.37. The van der Waals surface area contributed by atoms with Crippen LogP contribution in [0, 0.1) is 0 Å². The van der Waals surface area contributed by atoms with E-state index in [4.69, 9.17) is 9.47 Å². The Morgan fingerprint density at radius 2 is 2.04 bits per heavy atom. The Morgan fingerprint density at radius 1 is 1.18 bits per heavy atom. The number of rotatable bonds is 5. The molecule has 3 heterocycles. The third kappa shape index (κ3) is 3.46. The van der Waals surface area contributed by atoms with E-state index < -0.39 is 0 Å². The quantitative estimate of drug-likeness (QED) is 0.507. The molecule has 3 aromatic heterocycles. The lowest BCUT2D eigenvalue weighted by molar-refractivity contribution is 0.0606. The van der Waals surface area contributed by atoms with Crippen molar-refractivity contribution < 1.29 is 14.3 Å². The van der Waals surface area contributed by atoms with Gasteiger partial charge in [0.1, 0.15) is 16.3 Å². The number of fused-ring (bicyclic) bond motifs is 1. The highest BCUT2D eigenvalue weighted by molar-refractivity contribution is 7.17. The van der Waals surface area contributed by atoms with Crippen molar-refractivity contribution in [2.45, 2.75) is 20.0 Å². The number of aromatic amines is 1. The number of H-pyrrole nitrogens is 1. The maximum atomic E-state index is 11.7. The number of hydrogen-bond acceptors (Lipinski definition) is 7. The van der Waals surface area contributed by atoms with Crippen molar-refractivity contribution in [1.82, 2.24) is 20.2 Å². The molecule has 0 radical (unpaired) electrons. The molecule has 4 aromatic rings. The summed E-state index contributed by atoms with van der Waals surface area (Å²) in [5.41, 5.74) is 2.25. The molecule has 7 nitrogen and oxygen atoms in total. The molecule has 142 valence electrons. The Balaban J connectivity index is 1.73. The molecule has 0 amide bonds. The van der Waals surface area contributed by atoms with Gasteiger partial charge in [0.2, 0.25) is 0 Å². The molecule has 0 saturated heterocycles. The SMILES string of the molecule is COC(=O)c1ccc(-c2ccnc(-c3n[nH]c4ccc(OC(C)C)cc34)n2)s1. The Morgan fingerprint density at radius 3 is 2.82 bits per heavy atom. The fourth-order valence-electron chi connectivity index (χ4n) is 2.80. The molecular formula is C20H18N4O3S. The van der Waals surface area contributed by atoms with Crippen LogP contribution in [0.3, 0.4) is 0 Å². The molecular weight excluding hydrogens is 376 g/mol. The minimum absolute atomic E-state index is 0.0789. The van der Waals surface area contributed by atoms with E-state index >= 15 is 0 Å². The lowest BCUT2D eigenvalue weighted by Gasteiger charge is -2.09. The van der Waals surface area contributed by atoms with Crippen LogP contribution >= 0.6 is 11.3 Å². The summed E-state index contributed by atoms with van der Waals surface area (Å²) in [5, 5.41) is 8.29. The Hall–Kier alpha value is -3.26. The molecule has 1 N–H and O–H groups in total. The first-order valence-corrected chi connectivity index (χ1v) is 9.53. The van der Waals surface area contributed by atoms with Crippen LogP contribution in [0.25, 0.3) is 33.0 Å². The topological polar surface area (TPSA) is 90.0 Å². The number of benzene rings is 1. The number of hydrogen-bond donors (Lipinski definition) is 1. The zero-order chi connectivity index (χ0) is 19.7. The number of esters is 1. The van der Waals surface area contributed by atoms with E-state index in [1.54, 1.807) is 18.3 Å². The van der Waals surface area contributed by atoms with Gasteiger partial charge in [-0.3, -0.25) is 5.10 Å². The summed E-state index contributed by atoms with van der Waals surface area (Å²) < 4.78 is 10.6. The summed E-state index contributed by atoms with van der Waals surface area (Å²) in [6.45, 7) is 3.97. The first-order chi connectivity index (χ1) is 13.5. The number of ether oxygens (including phenoxy) is 2. The summed E-state index contributed by atoms with van der Waals surface area (Å²) in [5.74, 6) is 0.905. The molecule has 28 heavy (non-hydrogen) atoms. The minimum atomic E-state index is -0.360. The van der Waals surface area contributed by atoms with E-state index in [0.717, 1.165) is 27.2 Å². The third-order valence-electron chi connectivity index (χ3n) is 4.02. The number of methoxy groups -OCH3 is 1. The van der Waals surface area contributed by atoms with E-state index in [9.17, 15) is 4.79 Å². The molecule has 8 heteroatoms. The summed E-state index contributed by atoms with van der Waals surface area (Å²) in [4.78, 5) is 22.1. The van der Waals surface area contributed by atoms with Gasteiger partial charge in [-0.1, -0.05) is 0 Å². The van der Waals surface area contributed by atoms with Crippen molar-refractivity contribution >= 4 is 28.2 Å². The van der Waals surface area contributed by atoms with Crippen LogP contribution in [-0.4, -0.2) is 39.3 Å². The van der Waals surface area contributed by atoms with Crippen molar-refractivity contribution in [2.24, 2.45) is 0 Å². The Kier molecular flexibility index (Phi) is 4.79. The van der Waals surface area contributed by atoms with Crippen LogP contribution in [0.4, 0.5) is 0 Å². The second-order valence-corrected chi connectivity index (χ2v) is 7.45. The molecule has 0 atom stereocenters. The van der Waals surface area contributed by atoms with Crippen LogP contribution in [-0.2, 0) is 4.74 Å². The number of nitrogens with zero attached hydrogens (tertiary/aromatic N) is 3. The third-order valence-corrected chi connectivity index (χ3v) is 5.11. The number of carbonyl (C=O) groups excluding carboxylic acids is 1. The zero-order valence-electron chi connectivity index (χ0n) is 15.6. The summed E-state index contributed by atoms with van der Waals surface area (Å²) >= 11 is 1.32. The van der Waals surface area contributed by atoms with E-state index in [-0.39, 0.29) is 12.1 Å². The molecule has 0 aliphatic rings. The van der Waals surface area contributed by atoms with Crippen LogP contribution < -0.4 is 4.74 Å². The van der Waals surface area contributed by atoms with Crippen LogP contribution in [0.2, 0.25) is 0 Å². The first-order valence-electron chi connectivity index (χ1n) is 8.72. The van der Waals surface area contributed by atoms with E-state index in [1.165, 1.54) is 18.4 Å². The molecule has 0 spiro atoms. The molecule has 0 bridgehead atoms. The van der Waals surface area contributed by atoms with Gasteiger partial charge < -0.3 is 9.47 Å². The van der Waals surface area contributed by atoms with Gasteiger partial charge in [0, 0.05) is 11.6 Å². The molecule has 0 aliphatic carbocycles. The van der Waals surface area contributed by atoms with E-state index in [1.807, 2.05) is 38.1 Å². The second kappa shape index (κ2) is 7.40. The van der Waals surface area contributed by atoms with Crippen molar-refractivity contribution in [3.05, 3.63) is 47.5 Å². The van der Waals surface area contributed by atoms with Gasteiger partial charge in [-0.25, -0.2) is 14.8 Å². The fourth-order valence-corrected chi connectivity index (χ4v) is 3.70. The average molecular weight is 394 g/mol. The van der Waals surface area contributed by atoms with E-state index in [2.05, 4.69) is 20.2 Å². The van der Waals surface area contributed by atoms with Gasteiger partial charge in [-0.15, -0.1) is 11.3 Å². The van der Waals surface area contributed by atoms with Crippen molar-refractivity contribution in [1.29, 1.82) is 0 Å². The van der Waals surface area contributed by atoms with Gasteiger partial charge >= 0.3 is 5.97 Å². The molecule has 0 unspecified atom stereocenters.